The Morgan fingerprint density at radius 2 is 2.00 bits per heavy atom. The first-order chi connectivity index (χ1) is 11.1. The van der Waals surface area contributed by atoms with E-state index in [9.17, 15) is 10.1 Å². The Morgan fingerprint density at radius 3 is 2.58 bits per heavy atom. The van der Waals surface area contributed by atoms with Gasteiger partial charge in [-0.3, -0.25) is 10.1 Å². The number of aromatic nitrogens is 2. The van der Waals surface area contributed by atoms with Crippen molar-refractivity contribution in [2.45, 2.75) is 46.8 Å². The molecule has 1 aromatic carbocycles. The van der Waals surface area contributed by atoms with Gasteiger partial charge in [0.2, 0.25) is 5.82 Å². The highest BCUT2D eigenvalue weighted by atomic mass is 16.6. The fourth-order valence-corrected chi connectivity index (χ4v) is 2.48. The molecule has 130 valence electrons. The lowest BCUT2D eigenvalue weighted by atomic mass is 10.1. The first-order valence-electron chi connectivity index (χ1n) is 7.79. The minimum Gasteiger partial charge on any atom is -0.488 e. The molecule has 0 aliphatic heterocycles. The van der Waals surface area contributed by atoms with Crippen LogP contribution in [0.25, 0.3) is 0 Å². The molecule has 0 unspecified atom stereocenters. The van der Waals surface area contributed by atoms with Crippen LogP contribution in [0.2, 0.25) is 0 Å². The quantitative estimate of drug-likeness (QED) is 0.666. The van der Waals surface area contributed by atoms with Gasteiger partial charge in [-0.2, -0.15) is 5.10 Å². The van der Waals surface area contributed by atoms with Crippen molar-refractivity contribution in [1.82, 2.24) is 9.78 Å². The lowest BCUT2D eigenvalue weighted by Gasteiger charge is -2.24. The second-order valence-corrected chi connectivity index (χ2v) is 6.84. The molecule has 2 aromatic rings. The summed E-state index contributed by atoms with van der Waals surface area (Å²) in [5.41, 5.74) is 2.10. The number of nitrogens with one attached hydrogen (secondary N) is 1. The smallest absolute Gasteiger partial charge is 0.333 e. The highest BCUT2D eigenvalue weighted by Gasteiger charge is 2.24. The van der Waals surface area contributed by atoms with Crippen molar-refractivity contribution < 1.29 is 9.66 Å². The summed E-state index contributed by atoms with van der Waals surface area (Å²) in [4.78, 5) is 10.8. The molecule has 0 spiro atoms. The Bertz CT molecular complexity index is 760. The van der Waals surface area contributed by atoms with Gasteiger partial charge in [0, 0.05) is 19.2 Å². The average Bonchev–Trinajstić information content (AvgIpc) is 2.70. The molecule has 0 saturated carbocycles. The van der Waals surface area contributed by atoms with Gasteiger partial charge in [0.05, 0.1) is 4.92 Å². The molecule has 1 N–H and O–H groups in total. The molecule has 0 radical (unpaired) electrons. The number of benzene rings is 1. The summed E-state index contributed by atoms with van der Waals surface area (Å²) in [5, 5.41) is 18.5. The average molecular weight is 332 g/mol. The fraction of sp³-hybridized carbons (Fsp3) is 0.471. The minimum atomic E-state index is -0.410. The molecule has 0 atom stereocenters. The molecule has 2 rings (SSSR count). The molecule has 1 aromatic heterocycles. The molecule has 0 aliphatic carbocycles. The highest BCUT2D eigenvalue weighted by Crippen LogP contribution is 2.30. The molecule has 1 heterocycles. The van der Waals surface area contributed by atoms with Gasteiger partial charge in [0.15, 0.2) is 0 Å². The number of nitro groups is 1. The Kier molecular flexibility index (Phi) is 4.82. The van der Waals surface area contributed by atoms with Gasteiger partial charge in [0.1, 0.15) is 17.0 Å². The predicted octanol–water partition coefficient (Wildman–Crippen LogP) is 3.73. The Labute approximate surface area is 141 Å². The second-order valence-electron chi connectivity index (χ2n) is 6.84. The SMILES string of the molecule is Cc1ccc(CNc2c([N+](=O)[O-])c(C)nn2C)c(OC(C)(C)C)c1. The van der Waals surface area contributed by atoms with E-state index in [0.29, 0.717) is 18.1 Å². The summed E-state index contributed by atoms with van der Waals surface area (Å²) in [6.45, 7) is 10.0. The monoisotopic (exact) mass is 332 g/mol. The Morgan fingerprint density at radius 1 is 1.33 bits per heavy atom. The number of anilines is 1. The summed E-state index contributed by atoms with van der Waals surface area (Å²) in [6, 6.07) is 5.94. The van der Waals surface area contributed by atoms with E-state index in [-0.39, 0.29) is 11.3 Å². The van der Waals surface area contributed by atoms with Gasteiger partial charge < -0.3 is 10.1 Å². The molecule has 0 bridgehead atoms. The van der Waals surface area contributed by atoms with E-state index in [1.165, 1.54) is 4.68 Å². The van der Waals surface area contributed by atoms with Crippen LogP contribution in [0.15, 0.2) is 18.2 Å². The first-order valence-corrected chi connectivity index (χ1v) is 7.79. The largest absolute Gasteiger partial charge is 0.488 e. The van der Waals surface area contributed by atoms with E-state index in [1.54, 1.807) is 14.0 Å². The Hall–Kier alpha value is -2.57. The van der Waals surface area contributed by atoms with E-state index in [1.807, 2.05) is 45.9 Å². The van der Waals surface area contributed by atoms with Crippen LogP contribution in [-0.2, 0) is 13.6 Å². The third-order valence-corrected chi connectivity index (χ3v) is 3.46. The summed E-state index contributed by atoms with van der Waals surface area (Å²) in [5.74, 6) is 1.16. The van der Waals surface area contributed by atoms with E-state index >= 15 is 0 Å². The van der Waals surface area contributed by atoms with E-state index < -0.39 is 4.92 Å². The molecular weight excluding hydrogens is 308 g/mol. The lowest BCUT2D eigenvalue weighted by molar-refractivity contribution is -0.384. The van der Waals surface area contributed by atoms with Gasteiger partial charge in [-0.05, 0) is 46.2 Å². The standard InChI is InChI=1S/C17H24N4O3/c1-11-7-8-13(14(9-11)24-17(3,4)5)10-18-16-15(21(22)23)12(2)19-20(16)6/h7-9,18H,10H2,1-6H3. The zero-order valence-corrected chi connectivity index (χ0v) is 15.0. The van der Waals surface area contributed by atoms with Crippen LogP contribution in [0, 0.1) is 24.0 Å². The second kappa shape index (κ2) is 6.51. The van der Waals surface area contributed by atoms with Gasteiger partial charge in [0.25, 0.3) is 0 Å². The van der Waals surface area contributed by atoms with E-state index in [0.717, 1.165) is 16.9 Å². The van der Waals surface area contributed by atoms with Crippen LogP contribution in [0.1, 0.15) is 37.6 Å². The maximum Gasteiger partial charge on any atom is 0.333 e. The molecule has 7 nitrogen and oxygen atoms in total. The number of hydrogen-bond acceptors (Lipinski definition) is 5. The van der Waals surface area contributed by atoms with Crippen LogP contribution < -0.4 is 10.1 Å². The summed E-state index contributed by atoms with van der Waals surface area (Å²) in [6.07, 6.45) is 0. The maximum absolute atomic E-state index is 11.3. The van der Waals surface area contributed by atoms with Crippen molar-refractivity contribution in [1.29, 1.82) is 0 Å². The molecular formula is C17H24N4O3. The molecule has 0 amide bonds. The van der Waals surface area contributed by atoms with Crippen molar-refractivity contribution in [3.63, 3.8) is 0 Å². The zero-order valence-electron chi connectivity index (χ0n) is 15.0. The van der Waals surface area contributed by atoms with Crippen LogP contribution in [0.4, 0.5) is 11.5 Å². The van der Waals surface area contributed by atoms with Crippen molar-refractivity contribution in [3.05, 3.63) is 45.1 Å². The van der Waals surface area contributed by atoms with E-state index in [4.69, 9.17) is 4.74 Å². The molecule has 7 heteroatoms. The zero-order chi connectivity index (χ0) is 18.1. The number of nitrogens with zero attached hydrogens (tertiary/aromatic N) is 3. The third-order valence-electron chi connectivity index (χ3n) is 3.46. The number of ether oxygens (including phenoxy) is 1. The van der Waals surface area contributed by atoms with Gasteiger partial charge >= 0.3 is 5.69 Å². The molecule has 0 saturated heterocycles. The van der Waals surface area contributed by atoms with Crippen LogP contribution in [0.3, 0.4) is 0 Å². The molecule has 24 heavy (non-hydrogen) atoms. The van der Waals surface area contributed by atoms with Crippen LogP contribution in [-0.4, -0.2) is 20.3 Å². The van der Waals surface area contributed by atoms with Crippen molar-refractivity contribution >= 4 is 11.5 Å². The van der Waals surface area contributed by atoms with Crippen LogP contribution >= 0.6 is 0 Å². The topological polar surface area (TPSA) is 82.2 Å². The van der Waals surface area contributed by atoms with Crippen molar-refractivity contribution in [2.24, 2.45) is 7.05 Å². The number of hydrogen-bond donors (Lipinski definition) is 1. The van der Waals surface area contributed by atoms with Gasteiger partial charge in [-0.25, -0.2) is 4.68 Å². The van der Waals surface area contributed by atoms with Gasteiger partial charge in [-0.1, -0.05) is 12.1 Å². The van der Waals surface area contributed by atoms with Crippen molar-refractivity contribution in [2.75, 3.05) is 5.32 Å². The van der Waals surface area contributed by atoms with Gasteiger partial charge in [-0.15, -0.1) is 0 Å². The predicted molar refractivity (Wildman–Crippen MR) is 93.5 cm³/mol. The minimum absolute atomic E-state index is 0.00269. The van der Waals surface area contributed by atoms with Crippen LogP contribution in [0.5, 0.6) is 5.75 Å². The first kappa shape index (κ1) is 17.8. The highest BCUT2D eigenvalue weighted by molar-refractivity contribution is 5.59. The summed E-state index contributed by atoms with van der Waals surface area (Å²) < 4.78 is 7.51. The maximum atomic E-state index is 11.3. The Balaban J connectivity index is 2.29. The molecule has 0 aliphatic rings. The summed E-state index contributed by atoms with van der Waals surface area (Å²) in [7, 11) is 1.68. The normalized spacial score (nSPS) is 11.4. The third kappa shape index (κ3) is 4.04. The molecule has 0 fully saturated rings. The fourth-order valence-electron chi connectivity index (χ4n) is 2.48. The van der Waals surface area contributed by atoms with Crippen molar-refractivity contribution in [3.8, 4) is 5.75 Å². The number of rotatable bonds is 5. The van der Waals surface area contributed by atoms with E-state index in [2.05, 4.69) is 10.4 Å². The number of aryl methyl sites for hydroxylation is 3. The lowest BCUT2D eigenvalue weighted by Crippen LogP contribution is -2.24. The summed E-state index contributed by atoms with van der Waals surface area (Å²) >= 11 is 0.